The van der Waals surface area contributed by atoms with Gasteiger partial charge in [0.05, 0.1) is 6.61 Å². The first-order valence-corrected chi connectivity index (χ1v) is 4.85. The molecule has 3 heteroatoms. The molecule has 0 fully saturated rings. The van der Waals surface area contributed by atoms with Gasteiger partial charge in [0, 0.05) is 19.8 Å². The van der Waals surface area contributed by atoms with Crippen LogP contribution in [0.5, 0.6) is 0 Å². The van der Waals surface area contributed by atoms with E-state index in [1.54, 1.807) is 0 Å². The average Bonchev–Trinajstić information content (AvgIpc) is 2.26. The zero-order valence-electron chi connectivity index (χ0n) is 9.07. The van der Waals surface area contributed by atoms with Gasteiger partial charge in [-0.05, 0) is 30.2 Å². The Morgan fingerprint density at radius 2 is 2.20 bits per heavy atom. The highest BCUT2D eigenvalue weighted by Crippen LogP contribution is 2.14. The molecule has 0 heterocycles. The van der Waals surface area contributed by atoms with Gasteiger partial charge in [-0.1, -0.05) is 12.1 Å². The molecule has 0 aliphatic rings. The average molecular weight is 209 g/mol. The van der Waals surface area contributed by atoms with E-state index >= 15 is 0 Å². The van der Waals surface area contributed by atoms with Crippen molar-refractivity contribution in [1.82, 2.24) is 0 Å². The van der Waals surface area contributed by atoms with Crippen LogP contribution in [0.2, 0.25) is 0 Å². The Bertz CT molecular complexity index is 347. The number of aliphatic hydroxyl groups excluding tert-OH is 1. The predicted octanol–water partition coefficient (Wildman–Crippen LogP) is 2.14. The Hall–Kier alpha value is -1.35. The van der Waals surface area contributed by atoms with Gasteiger partial charge in [0.15, 0.2) is 0 Å². The van der Waals surface area contributed by atoms with E-state index in [0.29, 0.717) is 6.42 Å². The van der Waals surface area contributed by atoms with Crippen molar-refractivity contribution in [1.29, 1.82) is 0 Å². The van der Waals surface area contributed by atoms with Crippen molar-refractivity contribution >= 4 is 5.69 Å². The predicted molar refractivity (Wildman–Crippen MR) is 60.7 cm³/mol. The number of aliphatic hydroxyl groups is 1. The van der Waals surface area contributed by atoms with Gasteiger partial charge in [-0.15, -0.1) is 0 Å². The van der Waals surface area contributed by atoms with Crippen molar-refractivity contribution < 1.29 is 9.50 Å². The van der Waals surface area contributed by atoms with E-state index in [0.717, 1.165) is 11.3 Å². The molecule has 0 saturated carbocycles. The van der Waals surface area contributed by atoms with Crippen LogP contribution < -0.4 is 4.90 Å². The fourth-order valence-corrected chi connectivity index (χ4v) is 1.25. The van der Waals surface area contributed by atoms with Crippen LogP contribution in [0.3, 0.4) is 0 Å². The van der Waals surface area contributed by atoms with E-state index < -0.39 is 12.4 Å². The summed E-state index contributed by atoms with van der Waals surface area (Å²) >= 11 is 0. The first-order chi connectivity index (χ1) is 7.13. The first kappa shape index (κ1) is 11.7. The first-order valence-electron chi connectivity index (χ1n) is 4.85. The second-order valence-electron chi connectivity index (χ2n) is 3.58. The Kier molecular flexibility index (Phi) is 4.31. The van der Waals surface area contributed by atoms with Gasteiger partial charge in [0.25, 0.3) is 0 Å². The van der Waals surface area contributed by atoms with Gasteiger partial charge in [-0.25, -0.2) is 4.39 Å². The van der Waals surface area contributed by atoms with Crippen LogP contribution in [-0.2, 0) is 6.42 Å². The lowest BCUT2D eigenvalue weighted by molar-refractivity contribution is 0.297. The van der Waals surface area contributed by atoms with Crippen LogP contribution in [0.25, 0.3) is 0 Å². The topological polar surface area (TPSA) is 23.5 Å². The van der Waals surface area contributed by atoms with Crippen molar-refractivity contribution in [2.75, 3.05) is 25.6 Å². The summed E-state index contributed by atoms with van der Waals surface area (Å²) in [6.45, 7) is -0.520. The molecule has 0 spiro atoms. The van der Waals surface area contributed by atoms with Gasteiger partial charge < -0.3 is 10.0 Å². The highest BCUT2D eigenvalue weighted by Gasteiger charge is 1.97. The monoisotopic (exact) mass is 209 g/mol. The Labute approximate surface area is 89.7 Å². The summed E-state index contributed by atoms with van der Waals surface area (Å²) in [7, 11) is 3.92. The van der Waals surface area contributed by atoms with Crippen molar-refractivity contribution in [3.63, 3.8) is 0 Å². The highest BCUT2D eigenvalue weighted by atomic mass is 19.1. The molecule has 0 bridgehead atoms. The molecule has 82 valence electrons. The third kappa shape index (κ3) is 3.72. The fraction of sp³-hybridized carbons (Fsp3) is 0.333. The summed E-state index contributed by atoms with van der Waals surface area (Å²) < 4.78 is 12.7. The normalized spacial score (nSPS) is 11.6. The molecule has 0 unspecified atom stereocenters. The Morgan fingerprint density at radius 1 is 1.47 bits per heavy atom. The smallest absolute Gasteiger partial charge is 0.122 e. The molecular formula is C12H16FNO. The van der Waals surface area contributed by atoms with Gasteiger partial charge in [-0.2, -0.15) is 0 Å². The van der Waals surface area contributed by atoms with Crippen LogP contribution in [0.15, 0.2) is 36.2 Å². The quantitative estimate of drug-likeness (QED) is 0.821. The van der Waals surface area contributed by atoms with Gasteiger partial charge in [-0.3, -0.25) is 0 Å². The third-order valence-corrected chi connectivity index (χ3v) is 2.14. The molecule has 0 aromatic heterocycles. The van der Waals surface area contributed by atoms with E-state index in [1.165, 1.54) is 6.08 Å². The van der Waals surface area contributed by atoms with E-state index in [2.05, 4.69) is 0 Å². The largest absolute Gasteiger partial charge is 0.389 e. The summed E-state index contributed by atoms with van der Waals surface area (Å²) in [6.07, 6.45) is 1.91. The Balaban J connectivity index is 2.74. The van der Waals surface area contributed by atoms with E-state index in [4.69, 9.17) is 5.11 Å². The number of anilines is 1. The lowest BCUT2D eigenvalue weighted by Gasteiger charge is -2.12. The highest BCUT2D eigenvalue weighted by molar-refractivity contribution is 5.47. The summed E-state index contributed by atoms with van der Waals surface area (Å²) in [5.41, 5.74) is 2.12. The van der Waals surface area contributed by atoms with Crippen molar-refractivity contribution in [2.24, 2.45) is 0 Å². The summed E-state index contributed by atoms with van der Waals surface area (Å²) in [5.74, 6) is -0.481. The summed E-state index contributed by atoms with van der Waals surface area (Å²) in [5, 5.41) is 8.50. The van der Waals surface area contributed by atoms with Crippen LogP contribution in [0.1, 0.15) is 5.56 Å². The van der Waals surface area contributed by atoms with Crippen LogP contribution >= 0.6 is 0 Å². The van der Waals surface area contributed by atoms with Crippen molar-refractivity contribution in [3.05, 3.63) is 41.7 Å². The number of rotatable bonds is 4. The molecule has 1 aromatic rings. The maximum Gasteiger partial charge on any atom is 0.122 e. The lowest BCUT2D eigenvalue weighted by atomic mass is 10.1. The molecule has 0 aliphatic carbocycles. The molecule has 2 nitrogen and oxygen atoms in total. The van der Waals surface area contributed by atoms with E-state index in [-0.39, 0.29) is 0 Å². The molecule has 0 saturated heterocycles. The fourth-order valence-electron chi connectivity index (χ4n) is 1.25. The van der Waals surface area contributed by atoms with E-state index in [9.17, 15) is 4.39 Å². The SMILES string of the molecule is CN(C)c1cccc(CC=C(F)CO)c1. The third-order valence-electron chi connectivity index (χ3n) is 2.14. The molecular weight excluding hydrogens is 193 g/mol. The molecule has 1 aromatic carbocycles. The summed E-state index contributed by atoms with van der Waals surface area (Å²) in [4.78, 5) is 2.00. The molecule has 0 atom stereocenters. The molecule has 0 amide bonds. The van der Waals surface area contributed by atoms with E-state index in [1.807, 2.05) is 43.3 Å². The van der Waals surface area contributed by atoms with Gasteiger partial charge in [0.1, 0.15) is 5.83 Å². The number of benzene rings is 1. The Morgan fingerprint density at radius 3 is 2.80 bits per heavy atom. The zero-order valence-corrected chi connectivity index (χ0v) is 9.07. The minimum absolute atomic E-state index is 0.481. The minimum atomic E-state index is -0.520. The number of halogens is 1. The zero-order chi connectivity index (χ0) is 11.3. The molecule has 0 aliphatic heterocycles. The van der Waals surface area contributed by atoms with Crippen LogP contribution in [-0.4, -0.2) is 25.8 Å². The van der Waals surface area contributed by atoms with Gasteiger partial charge in [0.2, 0.25) is 0 Å². The number of nitrogens with zero attached hydrogens (tertiary/aromatic N) is 1. The van der Waals surface area contributed by atoms with Crippen LogP contribution in [0.4, 0.5) is 10.1 Å². The molecule has 0 radical (unpaired) electrons. The number of allylic oxidation sites excluding steroid dienone is 1. The standard InChI is InChI=1S/C12H16FNO/c1-14(2)12-5-3-4-10(8-12)6-7-11(13)9-15/h3-5,7-8,15H,6,9H2,1-2H3. The summed E-state index contributed by atoms with van der Waals surface area (Å²) in [6, 6.07) is 7.88. The second kappa shape index (κ2) is 5.51. The second-order valence-corrected chi connectivity index (χ2v) is 3.58. The van der Waals surface area contributed by atoms with Crippen molar-refractivity contribution in [3.8, 4) is 0 Å². The maximum atomic E-state index is 12.7. The molecule has 1 N–H and O–H groups in total. The number of hydrogen-bond donors (Lipinski definition) is 1. The van der Waals surface area contributed by atoms with Gasteiger partial charge >= 0.3 is 0 Å². The van der Waals surface area contributed by atoms with Crippen molar-refractivity contribution in [2.45, 2.75) is 6.42 Å². The maximum absolute atomic E-state index is 12.7. The lowest BCUT2D eigenvalue weighted by Crippen LogP contribution is -2.08. The molecule has 15 heavy (non-hydrogen) atoms. The minimum Gasteiger partial charge on any atom is -0.389 e. The van der Waals surface area contributed by atoms with Crippen LogP contribution in [0, 0.1) is 0 Å². The number of hydrogen-bond acceptors (Lipinski definition) is 2. The molecule has 1 rings (SSSR count).